The average molecular weight is 214 g/mol. The van der Waals surface area contributed by atoms with Crippen LogP contribution in [-0.2, 0) is 4.79 Å². The molecule has 0 aromatic heterocycles. The van der Waals surface area contributed by atoms with Crippen LogP contribution in [0.4, 0.5) is 10.1 Å². The molecule has 0 heterocycles. The number of rotatable bonds is 2. The summed E-state index contributed by atoms with van der Waals surface area (Å²) in [6.45, 7) is 0. The molecule has 74 valence electrons. The van der Waals surface area contributed by atoms with Crippen molar-refractivity contribution >= 4 is 23.2 Å². The smallest absolute Gasteiger partial charge is 0.227 e. The Labute approximate surface area is 86.1 Å². The first kappa shape index (κ1) is 9.46. The van der Waals surface area contributed by atoms with Crippen molar-refractivity contribution in [3.8, 4) is 0 Å². The van der Waals surface area contributed by atoms with Gasteiger partial charge in [-0.3, -0.25) is 4.79 Å². The van der Waals surface area contributed by atoms with E-state index in [0.717, 1.165) is 12.8 Å². The van der Waals surface area contributed by atoms with E-state index in [4.69, 9.17) is 11.6 Å². The number of halogens is 2. The third-order valence-electron chi connectivity index (χ3n) is 2.14. The summed E-state index contributed by atoms with van der Waals surface area (Å²) in [5.41, 5.74) is 0.477. The van der Waals surface area contributed by atoms with Crippen LogP contribution in [0, 0.1) is 11.7 Å². The van der Waals surface area contributed by atoms with Gasteiger partial charge in [0.25, 0.3) is 0 Å². The predicted octanol–water partition coefficient (Wildman–Crippen LogP) is 2.83. The van der Waals surface area contributed by atoms with E-state index in [9.17, 15) is 9.18 Å². The van der Waals surface area contributed by atoms with Crippen LogP contribution in [0.5, 0.6) is 0 Å². The largest absolute Gasteiger partial charge is 0.325 e. The molecule has 0 saturated heterocycles. The maximum Gasteiger partial charge on any atom is 0.227 e. The number of nitrogens with one attached hydrogen (secondary N) is 1. The minimum Gasteiger partial charge on any atom is -0.325 e. The SMILES string of the molecule is O=C(Nc1ccc(F)cc1Cl)C1CC1. The van der Waals surface area contributed by atoms with Crippen molar-refractivity contribution in [1.82, 2.24) is 0 Å². The third kappa shape index (κ3) is 2.04. The average Bonchev–Trinajstić information content (AvgIpc) is 2.92. The number of anilines is 1. The van der Waals surface area contributed by atoms with Gasteiger partial charge >= 0.3 is 0 Å². The lowest BCUT2D eigenvalue weighted by molar-refractivity contribution is -0.117. The van der Waals surface area contributed by atoms with E-state index in [1.807, 2.05) is 0 Å². The number of hydrogen-bond donors (Lipinski definition) is 1. The molecular weight excluding hydrogens is 205 g/mol. The maximum atomic E-state index is 12.7. The Kier molecular flexibility index (Phi) is 2.42. The number of carbonyl (C=O) groups excluding carboxylic acids is 1. The molecule has 0 bridgehead atoms. The molecule has 1 N–H and O–H groups in total. The second kappa shape index (κ2) is 3.58. The summed E-state index contributed by atoms with van der Waals surface area (Å²) in [7, 11) is 0. The van der Waals surface area contributed by atoms with Gasteiger partial charge in [-0.2, -0.15) is 0 Å². The molecule has 2 rings (SSSR count). The van der Waals surface area contributed by atoms with Gasteiger partial charge in [-0.05, 0) is 31.0 Å². The quantitative estimate of drug-likeness (QED) is 0.804. The molecule has 2 nitrogen and oxygen atoms in total. The fourth-order valence-corrected chi connectivity index (χ4v) is 1.39. The molecule has 4 heteroatoms. The Morgan fingerprint density at radius 3 is 2.79 bits per heavy atom. The van der Waals surface area contributed by atoms with Gasteiger partial charge in [0.1, 0.15) is 5.82 Å². The molecule has 0 spiro atoms. The Morgan fingerprint density at radius 1 is 1.50 bits per heavy atom. The Morgan fingerprint density at radius 2 is 2.21 bits per heavy atom. The van der Waals surface area contributed by atoms with Gasteiger partial charge in [-0.1, -0.05) is 11.6 Å². The zero-order chi connectivity index (χ0) is 10.1. The molecule has 14 heavy (non-hydrogen) atoms. The summed E-state index contributed by atoms with van der Waals surface area (Å²) < 4.78 is 12.7. The Balaban J connectivity index is 2.11. The summed E-state index contributed by atoms with van der Waals surface area (Å²) >= 11 is 5.74. The van der Waals surface area contributed by atoms with Crippen LogP contribution < -0.4 is 5.32 Å². The Bertz CT molecular complexity index is 376. The van der Waals surface area contributed by atoms with E-state index in [0.29, 0.717) is 5.69 Å². The maximum absolute atomic E-state index is 12.7. The summed E-state index contributed by atoms with van der Waals surface area (Å²) in [5, 5.41) is 2.90. The van der Waals surface area contributed by atoms with Crippen molar-refractivity contribution in [3.05, 3.63) is 29.0 Å². The first-order chi connectivity index (χ1) is 6.66. The van der Waals surface area contributed by atoms with Crippen molar-refractivity contribution in [3.63, 3.8) is 0 Å². The summed E-state index contributed by atoms with van der Waals surface area (Å²) in [5.74, 6) is -0.311. The fourth-order valence-electron chi connectivity index (χ4n) is 1.17. The topological polar surface area (TPSA) is 29.1 Å². The van der Waals surface area contributed by atoms with Gasteiger partial charge in [0, 0.05) is 5.92 Å². The molecule has 1 aliphatic carbocycles. The minimum atomic E-state index is -0.403. The van der Waals surface area contributed by atoms with Crippen molar-refractivity contribution < 1.29 is 9.18 Å². The van der Waals surface area contributed by atoms with Gasteiger partial charge in [-0.15, -0.1) is 0 Å². The fraction of sp³-hybridized carbons (Fsp3) is 0.300. The van der Waals surface area contributed by atoms with Gasteiger partial charge in [0.05, 0.1) is 10.7 Å². The van der Waals surface area contributed by atoms with Gasteiger partial charge in [-0.25, -0.2) is 4.39 Å². The van der Waals surface area contributed by atoms with Crippen LogP contribution in [0.15, 0.2) is 18.2 Å². The summed E-state index contributed by atoms with van der Waals surface area (Å²) in [6.07, 6.45) is 1.87. The molecule has 0 radical (unpaired) electrons. The van der Waals surface area contributed by atoms with Crippen molar-refractivity contribution in [2.24, 2.45) is 5.92 Å². The van der Waals surface area contributed by atoms with E-state index in [1.165, 1.54) is 18.2 Å². The number of benzene rings is 1. The molecule has 0 atom stereocenters. The van der Waals surface area contributed by atoms with E-state index >= 15 is 0 Å². The lowest BCUT2D eigenvalue weighted by atomic mass is 10.3. The zero-order valence-corrected chi connectivity index (χ0v) is 8.14. The highest BCUT2D eigenvalue weighted by Crippen LogP contribution is 2.31. The monoisotopic (exact) mass is 213 g/mol. The molecular formula is C10H9ClFNO. The summed E-state index contributed by atoms with van der Waals surface area (Å²) in [4.78, 5) is 11.3. The molecule has 1 amide bonds. The van der Waals surface area contributed by atoms with Gasteiger partial charge in [0.2, 0.25) is 5.91 Å². The van der Waals surface area contributed by atoms with Crippen LogP contribution in [0.3, 0.4) is 0 Å². The molecule has 1 fully saturated rings. The van der Waals surface area contributed by atoms with Crippen molar-refractivity contribution in [2.75, 3.05) is 5.32 Å². The lowest BCUT2D eigenvalue weighted by Crippen LogP contribution is -2.13. The molecule has 1 aromatic carbocycles. The van der Waals surface area contributed by atoms with Crippen molar-refractivity contribution in [2.45, 2.75) is 12.8 Å². The van der Waals surface area contributed by atoms with E-state index in [2.05, 4.69) is 5.32 Å². The zero-order valence-electron chi connectivity index (χ0n) is 7.39. The highest BCUT2D eigenvalue weighted by atomic mass is 35.5. The summed E-state index contributed by atoms with van der Waals surface area (Å²) in [6, 6.07) is 3.93. The predicted molar refractivity (Wildman–Crippen MR) is 52.8 cm³/mol. The molecule has 1 aliphatic rings. The minimum absolute atomic E-state index is 0.0292. The number of amides is 1. The van der Waals surface area contributed by atoms with E-state index in [1.54, 1.807) is 0 Å². The van der Waals surface area contributed by atoms with Crippen LogP contribution in [0.25, 0.3) is 0 Å². The Hall–Kier alpha value is -1.09. The van der Waals surface area contributed by atoms with Crippen LogP contribution in [0.1, 0.15) is 12.8 Å². The normalized spacial score (nSPS) is 15.3. The highest BCUT2D eigenvalue weighted by Gasteiger charge is 2.29. The van der Waals surface area contributed by atoms with Crippen LogP contribution >= 0.6 is 11.6 Å². The molecule has 0 unspecified atom stereocenters. The van der Waals surface area contributed by atoms with Crippen LogP contribution in [0.2, 0.25) is 5.02 Å². The highest BCUT2D eigenvalue weighted by molar-refractivity contribution is 6.33. The van der Waals surface area contributed by atoms with Crippen LogP contribution in [-0.4, -0.2) is 5.91 Å². The number of carbonyl (C=O) groups is 1. The van der Waals surface area contributed by atoms with E-state index < -0.39 is 5.82 Å². The van der Waals surface area contributed by atoms with Gasteiger partial charge < -0.3 is 5.32 Å². The van der Waals surface area contributed by atoms with E-state index in [-0.39, 0.29) is 16.8 Å². The lowest BCUT2D eigenvalue weighted by Gasteiger charge is -2.05. The second-order valence-electron chi connectivity index (χ2n) is 3.39. The molecule has 0 aliphatic heterocycles. The second-order valence-corrected chi connectivity index (χ2v) is 3.79. The first-order valence-corrected chi connectivity index (χ1v) is 4.80. The van der Waals surface area contributed by atoms with Crippen molar-refractivity contribution in [1.29, 1.82) is 0 Å². The first-order valence-electron chi connectivity index (χ1n) is 4.43. The van der Waals surface area contributed by atoms with Gasteiger partial charge in [0.15, 0.2) is 0 Å². The standard InChI is InChI=1S/C10H9ClFNO/c11-8-5-7(12)3-4-9(8)13-10(14)6-1-2-6/h3-6H,1-2H2,(H,13,14). The number of hydrogen-bond acceptors (Lipinski definition) is 1. The molecule has 1 saturated carbocycles. The molecule has 1 aromatic rings. The third-order valence-corrected chi connectivity index (χ3v) is 2.45.